The number of carbonyl (C=O) groups excluding carboxylic acids is 2. The molecule has 0 radical (unpaired) electrons. The Balaban J connectivity index is 2.74. The standard InChI is InChI=1S/C11H13N3O2/c1-7-3-5-9(6-4-7)8(2)13-14-11(16)10(12)15/h3-6H,1-2H3,(H2,12,15)(H,14,16)/b13-8+. The Morgan fingerprint density at radius 2 is 1.81 bits per heavy atom. The summed E-state index contributed by atoms with van der Waals surface area (Å²) < 4.78 is 0. The minimum atomic E-state index is -1.06. The van der Waals surface area contributed by atoms with E-state index in [4.69, 9.17) is 5.73 Å². The molecule has 5 nitrogen and oxygen atoms in total. The van der Waals surface area contributed by atoms with Crippen LogP contribution in [0, 0.1) is 6.92 Å². The summed E-state index contributed by atoms with van der Waals surface area (Å²) in [6, 6.07) is 7.63. The van der Waals surface area contributed by atoms with Crippen molar-refractivity contribution in [3.8, 4) is 0 Å². The number of nitrogens with one attached hydrogen (secondary N) is 1. The van der Waals surface area contributed by atoms with E-state index < -0.39 is 11.8 Å². The summed E-state index contributed by atoms with van der Waals surface area (Å²) in [7, 11) is 0. The maximum Gasteiger partial charge on any atom is 0.329 e. The zero-order valence-corrected chi connectivity index (χ0v) is 9.15. The maximum absolute atomic E-state index is 10.8. The number of hydrogen-bond donors (Lipinski definition) is 2. The molecule has 16 heavy (non-hydrogen) atoms. The number of carbonyl (C=O) groups is 2. The molecule has 0 saturated carbocycles. The summed E-state index contributed by atoms with van der Waals surface area (Å²) in [6.45, 7) is 3.71. The summed E-state index contributed by atoms with van der Waals surface area (Å²) in [4.78, 5) is 21.3. The molecular weight excluding hydrogens is 206 g/mol. The molecule has 0 saturated heterocycles. The number of benzene rings is 1. The first-order chi connectivity index (χ1) is 7.50. The van der Waals surface area contributed by atoms with Crippen LogP contribution in [-0.4, -0.2) is 17.5 Å². The smallest absolute Gasteiger partial charge is 0.329 e. The van der Waals surface area contributed by atoms with Crippen LogP contribution in [-0.2, 0) is 9.59 Å². The third-order valence-corrected chi connectivity index (χ3v) is 2.02. The molecule has 1 aromatic rings. The summed E-state index contributed by atoms with van der Waals surface area (Å²) in [6.07, 6.45) is 0. The Labute approximate surface area is 93.3 Å². The van der Waals surface area contributed by atoms with Gasteiger partial charge in [0.15, 0.2) is 0 Å². The van der Waals surface area contributed by atoms with Crippen molar-refractivity contribution in [2.24, 2.45) is 10.8 Å². The topological polar surface area (TPSA) is 84.6 Å². The molecule has 0 aliphatic rings. The van der Waals surface area contributed by atoms with Gasteiger partial charge in [0.2, 0.25) is 0 Å². The van der Waals surface area contributed by atoms with E-state index in [1.807, 2.05) is 31.2 Å². The zero-order valence-electron chi connectivity index (χ0n) is 9.15. The molecule has 0 unspecified atom stereocenters. The van der Waals surface area contributed by atoms with Crippen LogP contribution in [0.3, 0.4) is 0 Å². The van der Waals surface area contributed by atoms with Crippen LogP contribution in [0.25, 0.3) is 0 Å². The highest BCUT2D eigenvalue weighted by Crippen LogP contribution is 2.03. The molecule has 0 bridgehead atoms. The Hall–Kier alpha value is -2.17. The molecule has 3 N–H and O–H groups in total. The number of nitrogens with zero attached hydrogens (tertiary/aromatic N) is 1. The normalized spacial score (nSPS) is 11.0. The van der Waals surface area contributed by atoms with Crippen molar-refractivity contribution in [3.05, 3.63) is 35.4 Å². The highest BCUT2D eigenvalue weighted by atomic mass is 16.2. The molecule has 0 fully saturated rings. The monoisotopic (exact) mass is 219 g/mol. The first kappa shape index (κ1) is 11.9. The molecule has 0 aliphatic heterocycles. The third kappa shape index (κ3) is 3.20. The Kier molecular flexibility index (Phi) is 3.77. The lowest BCUT2D eigenvalue weighted by atomic mass is 10.1. The van der Waals surface area contributed by atoms with Crippen molar-refractivity contribution in [1.82, 2.24) is 5.43 Å². The fraction of sp³-hybridized carbons (Fsp3) is 0.182. The van der Waals surface area contributed by atoms with Gasteiger partial charge in [-0.25, -0.2) is 5.43 Å². The van der Waals surface area contributed by atoms with E-state index in [9.17, 15) is 9.59 Å². The highest BCUT2D eigenvalue weighted by Gasteiger charge is 2.06. The van der Waals surface area contributed by atoms with Gasteiger partial charge in [-0.05, 0) is 19.4 Å². The lowest BCUT2D eigenvalue weighted by Gasteiger charge is -2.01. The van der Waals surface area contributed by atoms with Gasteiger partial charge in [0, 0.05) is 0 Å². The summed E-state index contributed by atoms with van der Waals surface area (Å²) in [5.41, 5.74) is 9.44. The van der Waals surface area contributed by atoms with Gasteiger partial charge in [-0.3, -0.25) is 9.59 Å². The van der Waals surface area contributed by atoms with Gasteiger partial charge < -0.3 is 5.73 Å². The number of hydrazone groups is 1. The van der Waals surface area contributed by atoms with Gasteiger partial charge >= 0.3 is 11.8 Å². The average Bonchev–Trinajstić information content (AvgIpc) is 2.26. The number of amides is 2. The van der Waals surface area contributed by atoms with Crippen molar-refractivity contribution in [2.75, 3.05) is 0 Å². The van der Waals surface area contributed by atoms with Gasteiger partial charge in [0.05, 0.1) is 5.71 Å². The van der Waals surface area contributed by atoms with E-state index in [1.165, 1.54) is 0 Å². The van der Waals surface area contributed by atoms with Gasteiger partial charge in [-0.15, -0.1) is 0 Å². The second kappa shape index (κ2) is 5.06. The van der Waals surface area contributed by atoms with Gasteiger partial charge in [0.25, 0.3) is 0 Å². The molecule has 1 rings (SSSR count). The van der Waals surface area contributed by atoms with Crippen molar-refractivity contribution < 1.29 is 9.59 Å². The van der Waals surface area contributed by atoms with E-state index in [2.05, 4.69) is 10.5 Å². The van der Waals surface area contributed by atoms with Crippen LogP contribution in [0.2, 0.25) is 0 Å². The van der Waals surface area contributed by atoms with E-state index in [1.54, 1.807) is 6.92 Å². The first-order valence-electron chi connectivity index (χ1n) is 4.72. The maximum atomic E-state index is 10.8. The van der Waals surface area contributed by atoms with Crippen molar-refractivity contribution in [2.45, 2.75) is 13.8 Å². The Morgan fingerprint density at radius 1 is 1.25 bits per heavy atom. The second-order valence-corrected chi connectivity index (χ2v) is 3.37. The Bertz CT molecular complexity index is 435. The van der Waals surface area contributed by atoms with Crippen LogP contribution in [0.1, 0.15) is 18.1 Å². The fourth-order valence-electron chi connectivity index (χ4n) is 1.05. The molecule has 5 heteroatoms. The van der Waals surface area contributed by atoms with Crippen LogP contribution >= 0.6 is 0 Å². The fourth-order valence-corrected chi connectivity index (χ4v) is 1.05. The second-order valence-electron chi connectivity index (χ2n) is 3.37. The highest BCUT2D eigenvalue weighted by molar-refractivity contribution is 6.34. The van der Waals surface area contributed by atoms with Crippen LogP contribution in [0.4, 0.5) is 0 Å². The summed E-state index contributed by atoms with van der Waals surface area (Å²) >= 11 is 0. The van der Waals surface area contributed by atoms with E-state index in [0.717, 1.165) is 11.1 Å². The molecule has 2 amide bonds. The number of primary amides is 1. The predicted molar refractivity (Wildman–Crippen MR) is 60.7 cm³/mol. The van der Waals surface area contributed by atoms with Crippen LogP contribution in [0.15, 0.2) is 29.4 Å². The van der Waals surface area contributed by atoms with Gasteiger partial charge in [-0.2, -0.15) is 5.10 Å². The lowest BCUT2D eigenvalue weighted by molar-refractivity contribution is -0.137. The summed E-state index contributed by atoms with van der Waals surface area (Å²) in [5, 5.41) is 3.76. The third-order valence-electron chi connectivity index (χ3n) is 2.02. The number of hydrogen-bond acceptors (Lipinski definition) is 3. The van der Waals surface area contributed by atoms with Crippen LogP contribution < -0.4 is 11.2 Å². The van der Waals surface area contributed by atoms with E-state index in [-0.39, 0.29) is 0 Å². The SMILES string of the molecule is C/C(=N\NC(=O)C(N)=O)c1ccc(C)cc1. The number of rotatable bonds is 2. The molecular formula is C11H13N3O2. The molecule has 1 aromatic carbocycles. The molecule has 0 spiro atoms. The van der Waals surface area contributed by atoms with Gasteiger partial charge in [-0.1, -0.05) is 29.8 Å². The largest absolute Gasteiger partial charge is 0.361 e. The molecule has 0 atom stereocenters. The Morgan fingerprint density at radius 3 is 2.31 bits per heavy atom. The average molecular weight is 219 g/mol. The van der Waals surface area contributed by atoms with Crippen molar-refractivity contribution >= 4 is 17.5 Å². The summed E-state index contributed by atoms with van der Waals surface area (Å²) in [5.74, 6) is -1.98. The molecule has 84 valence electrons. The molecule has 0 heterocycles. The zero-order chi connectivity index (χ0) is 12.1. The molecule has 0 aromatic heterocycles. The van der Waals surface area contributed by atoms with Crippen molar-refractivity contribution in [3.63, 3.8) is 0 Å². The van der Waals surface area contributed by atoms with E-state index >= 15 is 0 Å². The first-order valence-corrected chi connectivity index (χ1v) is 4.72. The molecule has 0 aliphatic carbocycles. The lowest BCUT2D eigenvalue weighted by Crippen LogP contribution is -2.33. The number of aryl methyl sites for hydroxylation is 1. The quantitative estimate of drug-likeness (QED) is 0.426. The van der Waals surface area contributed by atoms with Gasteiger partial charge in [0.1, 0.15) is 0 Å². The minimum Gasteiger partial charge on any atom is -0.361 e. The van der Waals surface area contributed by atoms with Crippen molar-refractivity contribution in [1.29, 1.82) is 0 Å². The number of nitrogens with two attached hydrogens (primary N) is 1. The predicted octanol–water partition coefficient (Wildman–Crippen LogP) is 0.321. The van der Waals surface area contributed by atoms with E-state index in [0.29, 0.717) is 5.71 Å². The minimum absolute atomic E-state index is 0.606. The van der Waals surface area contributed by atoms with Crippen LogP contribution in [0.5, 0.6) is 0 Å².